The normalized spacial score (nSPS) is 14.3. The predicted octanol–water partition coefficient (Wildman–Crippen LogP) is 3.36. The SMILES string of the molecule is NCc1ccc(-n2cnc3c2CCCC3)c2ccccc12. The molecular formula is C18H19N3. The second kappa shape index (κ2) is 5.01. The molecule has 0 radical (unpaired) electrons. The molecule has 3 nitrogen and oxygen atoms in total. The van der Waals surface area contributed by atoms with Crippen molar-refractivity contribution in [2.75, 3.05) is 0 Å². The van der Waals surface area contributed by atoms with E-state index < -0.39 is 0 Å². The van der Waals surface area contributed by atoms with Crippen LogP contribution in [0.15, 0.2) is 42.7 Å². The largest absolute Gasteiger partial charge is 0.326 e. The lowest BCUT2D eigenvalue weighted by Crippen LogP contribution is -2.07. The van der Waals surface area contributed by atoms with E-state index in [1.165, 1.54) is 46.3 Å². The minimum Gasteiger partial charge on any atom is -0.326 e. The maximum absolute atomic E-state index is 5.88. The quantitative estimate of drug-likeness (QED) is 0.780. The number of nitrogens with zero attached hydrogens (tertiary/aromatic N) is 2. The Morgan fingerprint density at radius 2 is 1.81 bits per heavy atom. The Morgan fingerprint density at radius 3 is 2.67 bits per heavy atom. The lowest BCUT2D eigenvalue weighted by atomic mass is 9.99. The van der Waals surface area contributed by atoms with Gasteiger partial charge in [0.2, 0.25) is 0 Å². The van der Waals surface area contributed by atoms with E-state index in [4.69, 9.17) is 5.73 Å². The van der Waals surface area contributed by atoms with Gasteiger partial charge in [0.1, 0.15) is 0 Å². The summed E-state index contributed by atoms with van der Waals surface area (Å²) in [6.45, 7) is 0.572. The van der Waals surface area contributed by atoms with Crippen LogP contribution >= 0.6 is 0 Å². The molecule has 0 bridgehead atoms. The highest BCUT2D eigenvalue weighted by Crippen LogP contribution is 2.29. The molecule has 0 amide bonds. The van der Waals surface area contributed by atoms with Crippen molar-refractivity contribution in [1.82, 2.24) is 9.55 Å². The fourth-order valence-electron chi connectivity index (χ4n) is 3.41. The molecule has 0 saturated carbocycles. The molecule has 0 aliphatic heterocycles. The first-order chi connectivity index (χ1) is 10.4. The molecule has 2 N–H and O–H groups in total. The van der Waals surface area contributed by atoms with E-state index in [0.29, 0.717) is 6.54 Å². The van der Waals surface area contributed by atoms with Gasteiger partial charge < -0.3 is 10.3 Å². The van der Waals surface area contributed by atoms with Crippen molar-refractivity contribution in [2.45, 2.75) is 32.2 Å². The number of nitrogens with two attached hydrogens (primary N) is 1. The van der Waals surface area contributed by atoms with E-state index >= 15 is 0 Å². The molecule has 1 aliphatic carbocycles. The van der Waals surface area contributed by atoms with E-state index in [0.717, 1.165) is 12.8 Å². The number of rotatable bonds is 2. The predicted molar refractivity (Wildman–Crippen MR) is 85.6 cm³/mol. The molecule has 0 fully saturated rings. The van der Waals surface area contributed by atoms with E-state index in [2.05, 4.69) is 45.9 Å². The molecule has 0 spiro atoms. The van der Waals surface area contributed by atoms with Crippen LogP contribution in [0.5, 0.6) is 0 Å². The maximum Gasteiger partial charge on any atom is 0.0997 e. The van der Waals surface area contributed by atoms with Crippen LogP contribution in [0.2, 0.25) is 0 Å². The molecule has 0 atom stereocenters. The van der Waals surface area contributed by atoms with Crippen molar-refractivity contribution in [3.05, 3.63) is 59.7 Å². The molecule has 1 heterocycles. The number of fused-ring (bicyclic) bond motifs is 2. The van der Waals surface area contributed by atoms with Gasteiger partial charge in [-0.1, -0.05) is 30.3 Å². The van der Waals surface area contributed by atoms with Gasteiger partial charge in [-0.05, 0) is 42.7 Å². The second-order valence-corrected chi connectivity index (χ2v) is 5.71. The zero-order valence-electron chi connectivity index (χ0n) is 12.0. The summed E-state index contributed by atoms with van der Waals surface area (Å²) in [6, 6.07) is 12.8. The summed E-state index contributed by atoms with van der Waals surface area (Å²) in [4.78, 5) is 4.62. The average molecular weight is 277 g/mol. The van der Waals surface area contributed by atoms with Crippen molar-refractivity contribution < 1.29 is 0 Å². The van der Waals surface area contributed by atoms with Crippen LogP contribution in [-0.4, -0.2) is 9.55 Å². The van der Waals surface area contributed by atoms with Crippen molar-refractivity contribution in [1.29, 1.82) is 0 Å². The average Bonchev–Trinajstić information content (AvgIpc) is 2.98. The lowest BCUT2D eigenvalue weighted by molar-refractivity contribution is 0.656. The summed E-state index contributed by atoms with van der Waals surface area (Å²) in [5.41, 5.74) is 10.9. The van der Waals surface area contributed by atoms with Crippen LogP contribution in [0.1, 0.15) is 29.8 Å². The Morgan fingerprint density at radius 1 is 1.00 bits per heavy atom. The van der Waals surface area contributed by atoms with Crippen molar-refractivity contribution >= 4 is 10.8 Å². The van der Waals surface area contributed by atoms with Gasteiger partial charge in [-0.3, -0.25) is 0 Å². The first kappa shape index (κ1) is 12.6. The molecule has 21 heavy (non-hydrogen) atoms. The summed E-state index contributed by atoms with van der Waals surface area (Å²) < 4.78 is 2.27. The number of hydrogen-bond donors (Lipinski definition) is 1. The van der Waals surface area contributed by atoms with E-state index in [1.54, 1.807) is 0 Å². The number of benzene rings is 2. The first-order valence-corrected chi connectivity index (χ1v) is 7.64. The number of imidazole rings is 1. The number of aromatic nitrogens is 2. The van der Waals surface area contributed by atoms with Crippen molar-refractivity contribution in [3.63, 3.8) is 0 Å². The van der Waals surface area contributed by atoms with Crippen LogP contribution in [-0.2, 0) is 19.4 Å². The molecular weight excluding hydrogens is 258 g/mol. The molecule has 3 aromatic rings. The Kier molecular flexibility index (Phi) is 3.00. The molecule has 2 aromatic carbocycles. The highest BCUT2D eigenvalue weighted by molar-refractivity contribution is 5.92. The molecule has 1 aliphatic rings. The van der Waals surface area contributed by atoms with Crippen LogP contribution in [0.4, 0.5) is 0 Å². The van der Waals surface area contributed by atoms with Crippen LogP contribution < -0.4 is 5.73 Å². The fourth-order valence-corrected chi connectivity index (χ4v) is 3.41. The standard InChI is InChI=1S/C18H19N3/c19-11-13-9-10-17(15-6-2-1-5-14(13)15)21-12-20-16-7-3-4-8-18(16)21/h1-2,5-6,9-10,12H,3-4,7-8,11,19H2. The van der Waals surface area contributed by atoms with Gasteiger partial charge in [0.05, 0.1) is 17.7 Å². The third kappa shape index (κ3) is 1.96. The van der Waals surface area contributed by atoms with Gasteiger partial charge in [0.15, 0.2) is 0 Å². The highest BCUT2D eigenvalue weighted by Gasteiger charge is 2.17. The van der Waals surface area contributed by atoms with Crippen LogP contribution in [0.3, 0.4) is 0 Å². The van der Waals surface area contributed by atoms with Gasteiger partial charge in [-0.25, -0.2) is 4.98 Å². The van der Waals surface area contributed by atoms with E-state index in [-0.39, 0.29) is 0 Å². The van der Waals surface area contributed by atoms with E-state index in [9.17, 15) is 0 Å². The number of aryl methyl sites for hydroxylation is 1. The molecule has 106 valence electrons. The summed E-state index contributed by atoms with van der Waals surface area (Å²) in [7, 11) is 0. The van der Waals surface area contributed by atoms with Gasteiger partial charge in [-0.15, -0.1) is 0 Å². The molecule has 3 heteroatoms. The minimum atomic E-state index is 0.572. The molecule has 1 aromatic heterocycles. The topological polar surface area (TPSA) is 43.8 Å². The molecule has 0 unspecified atom stereocenters. The Labute approximate surface area is 124 Å². The summed E-state index contributed by atoms with van der Waals surface area (Å²) in [5, 5.41) is 2.50. The summed E-state index contributed by atoms with van der Waals surface area (Å²) in [5.74, 6) is 0. The Balaban J connectivity index is 1.97. The zero-order valence-corrected chi connectivity index (χ0v) is 12.0. The van der Waals surface area contributed by atoms with Crippen LogP contribution in [0.25, 0.3) is 16.5 Å². The highest BCUT2D eigenvalue weighted by atomic mass is 15.1. The van der Waals surface area contributed by atoms with Gasteiger partial charge in [0.25, 0.3) is 0 Å². The first-order valence-electron chi connectivity index (χ1n) is 7.64. The fraction of sp³-hybridized carbons (Fsp3) is 0.278. The van der Waals surface area contributed by atoms with Crippen molar-refractivity contribution in [3.8, 4) is 5.69 Å². The third-order valence-corrected chi connectivity index (χ3v) is 4.50. The minimum absolute atomic E-state index is 0.572. The third-order valence-electron chi connectivity index (χ3n) is 4.50. The van der Waals surface area contributed by atoms with E-state index in [1.807, 2.05) is 6.33 Å². The monoisotopic (exact) mass is 277 g/mol. The Hall–Kier alpha value is -2.13. The summed E-state index contributed by atoms with van der Waals surface area (Å²) in [6.07, 6.45) is 6.75. The van der Waals surface area contributed by atoms with Crippen molar-refractivity contribution in [2.24, 2.45) is 5.73 Å². The van der Waals surface area contributed by atoms with Crippen LogP contribution in [0, 0.1) is 0 Å². The Bertz CT molecular complexity index is 801. The van der Waals surface area contributed by atoms with Gasteiger partial charge >= 0.3 is 0 Å². The zero-order chi connectivity index (χ0) is 14.2. The summed E-state index contributed by atoms with van der Waals surface area (Å²) >= 11 is 0. The molecule has 0 saturated heterocycles. The molecule has 4 rings (SSSR count). The second-order valence-electron chi connectivity index (χ2n) is 5.71. The smallest absolute Gasteiger partial charge is 0.0997 e. The number of hydrogen-bond acceptors (Lipinski definition) is 2. The maximum atomic E-state index is 5.88. The van der Waals surface area contributed by atoms with Gasteiger partial charge in [0, 0.05) is 17.6 Å². The van der Waals surface area contributed by atoms with Gasteiger partial charge in [-0.2, -0.15) is 0 Å². The lowest BCUT2D eigenvalue weighted by Gasteiger charge is -2.16.